The number of hydrogen-bond donors (Lipinski definition) is 0. The van der Waals surface area contributed by atoms with Crippen LogP contribution < -0.4 is 0 Å². The average Bonchev–Trinajstić information content (AvgIpc) is 3.75. The van der Waals surface area contributed by atoms with E-state index in [4.69, 9.17) is 12.6 Å². The van der Waals surface area contributed by atoms with Crippen LogP contribution in [0.5, 0.6) is 0 Å². The van der Waals surface area contributed by atoms with Gasteiger partial charge in [0.05, 0.1) is 0 Å². The second-order valence-electron chi connectivity index (χ2n) is 13.0. The number of unbranched alkanes of at least 4 members (excludes halogenated alkanes) is 10. The van der Waals surface area contributed by atoms with E-state index in [9.17, 15) is 0 Å². The van der Waals surface area contributed by atoms with Gasteiger partial charge in [0.1, 0.15) is 10.8 Å². The molecule has 0 atom stereocenters. The van der Waals surface area contributed by atoms with Gasteiger partial charge in [-0.3, -0.25) is 4.57 Å². The number of rotatable bonds is 21. The molecule has 0 aliphatic carbocycles. The quantitative estimate of drug-likeness (QED) is 0.0420. The van der Waals surface area contributed by atoms with E-state index < -0.39 is 19.8 Å². The summed E-state index contributed by atoms with van der Waals surface area (Å²) in [5.41, 5.74) is 4.55. The molecule has 2 heterocycles. The van der Waals surface area contributed by atoms with Crippen molar-refractivity contribution >= 4 is 43.7 Å². The van der Waals surface area contributed by atoms with Crippen molar-refractivity contribution in [1.29, 1.82) is 0 Å². The summed E-state index contributed by atoms with van der Waals surface area (Å²) < 4.78 is 5.90. The van der Waals surface area contributed by atoms with Gasteiger partial charge in [-0.25, -0.2) is 0 Å². The predicted octanol–water partition coefficient (Wildman–Crippen LogP) is 10.7. The van der Waals surface area contributed by atoms with E-state index in [0.717, 1.165) is 35.2 Å². The molecule has 49 heavy (non-hydrogen) atoms. The third-order valence-electron chi connectivity index (χ3n) is 8.74. The van der Waals surface area contributed by atoms with Crippen molar-refractivity contribution in [1.82, 2.24) is 25.0 Å². The van der Waals surface area contributed by atoms with E-state index in [1.165, 1.54) is 101 Å². The standard InChI is InChI=1S/C20H35N5S2.3C7H7.Sn/c1-3-5-7-9-10-11-12-13-15-17-21-23-19(26)25(17)20-24-22-18(27-20)16-14-8-6-4-2;3*1-7-5-3-2-4-6-7;/h3-16H2,1-2H3,(H,23,26);3*2-6H,1H2;/q;;;;+1/p-1. The molecule has 0 bridgehead atoms. The summed E-state index contributed by atoms with van der Waals surface area (Å²) in [7, 11) is 0. The number of aromatic nitrogens is 5. The molecule has 5 rings (SSSR count). The molecule has 5 aromatic rings. The van der Waals surface area contributed by atoms with Crippen molar-refractivity contribution in [2.24, 2.45) is 0 Å². The molecule has 2 aromatic heterocycles. The monoisotopic (exact) mass is 801 g/mol. The summed E-state index contributed by atoms with van der Waals surface area (Å²) in [6, 6.07) is 33.1. The van der Waals surface area contributed by atoms with Crippen LogP contribution in [-0.2, 0) is 38.8 Å². The van der Waals surface area contributed by atoms with Crippen LogP contribution in [0, 0.1) is 0 Å². The minimum atomic E-state index is -1.56. The first kappa shape index (κ1) is 39.2. The van der Waals surface area contributed by atoms with Crippen LogP contribution in [0.2, 0.25) is 0 Å². The Labute approximate surface area is 312 Å². The summed E-state index contributed by atoms with van der Waals surface area (Å²) in [5.74, 6) is 0.930. The minimum absolute atomic E-state index is 0.498. The van der Waals surface area contributed by atoms with Gasteiger partial charge in [0.25, 0.3) is 0 Å². The molecule has 3 aromatic carbocycles. The molecule has 0 radical (unpaired) electrons. The van der Waals surface area contributed by atoms with E-state index in [2.05, 4.69) is 125 Å². The van der Waals surface area contributed by atoms with Crippen molar-refractivity contribution in [2.45, 2.75) is 122 Å². The van der Waals surface area contributed by atoms with Gasteiger partial charge in [0.2, 0.25) is 5.13 Å². The van der Waals surface area contributed by atoms with E-state index in [-0.39, 0.29) is 0 Å². The molecule has 0 aliphatic rings. The first-order valence-corrected chi connectivity index (χ1v) is 25.8. The molecule has 5 nitrogen and oxygen atoms in total. The molecule has 0 spiro atoms. The fourth-order valence-corrected chi connectivity index (χ4v) is 15.3. The fourth-order valence-electron chi connectivity index (χ4n) is 6.05. The number of hydrogen-bond acceptors (Lipinski definition) is 6. The van der Waals surface area contributed by atoms with Crippen molar-refractivity contribution in [3.63, 3.8) is 0 Å². The van der Waals surface area contributed by atoms with Gasteiger partial charge in [-0.15, -0.1) is 15.3 Å². The van der Waals surface area contributed by atoms with Gasteiger partial charge in [-0.1, -0.05) is 89.4 Å². The zero-order chi connectivity index (χ0) is 34.4. The predicted molar refractivity (Wildman–Crippen MR) is 211 cm³/mol. The van der Waals surface area contributed by atoms with E-state index in [0.29, 0.717) is 5.16 Å². The van der Waals surface area contributed by atoms with Gasteiger partial charge < -0.3 is 12.6 Å². The average molecular weight is 801 g/mol. The third kappa shape index (κ3) is 15.0. The summed E-state index contributed by atoms with van der Waals surface area (Å²) >= 11 is 5.44. The normalized spacial score (nSPS) is 10.9. The summed E-state index contributed by atoms with van der Waals surface area (Å²) in [4.78, 5) is 0. The van der Waals surface area contributed by atoms with E-state index >= 15 is 0 Å². The molecule has 0 saturated heterocycles. The SMILES string of the molecule is CCCCCCCCCCc1nnc([S-])n1-c1nnc(CCCCCC)s1.c1ccc([CH2][Sn+]([CH2]c2ccccc2)[CH2]c2ccccc2)cc1. The molecule has 0 amide bonds. The molecule has 260 valence electrons. The van der Waals surface area contributed by atoms with E-state index in [1.807, 2.05) is 4.57 Å². The second kappa shape index (κ2) is 23.7. The Morgan fingerprint density at radius 1 is 0.531 bits per heavy atom. The molecular weight excluding hydrogens is 745 g/mol. The van der Waals surface area contributed by atoms with Gasteiger partial charge in [0, 0.05) is 18.0 Å². The first-order valence-electron chi connectivity index (χ1n) is 18.6. The van der Waals surface area contributed by atoms with Gasteiger partial charge in [-0.2, -0.15) is 5.10 Å². The zero-order valence-electron chi connectivity index (χ0n) is 29.7. The molecule has 0 aliphatic heterocycles. The number of benzene rings is 3. The molecule has 0 unspecified atom stereocenters. The van der Waals surface area contributed by atoms with Crippen LogP contribution in [0.1, 0.15) is 118 Å². The first-order chi connectivity index (χ1) is 24.2. The molecule has 0 N–H and O–H groups in total. The summed E-state index contributed by atoms with van der Waals surface area (Å²) in [6.45, 7) is 4.49. The van der Waals surface area contributed by atoms with Crippen LogP contribution >= 0.6 is 11.3 Å². The van der Waals surface area contributed by atoms with E-state index in [1.54, 1.807) is 11.3 Å². The maximum absolute atomic E-state index is 5.38. The fraction of sp³-hybridized carbons (Fsp3) is 0.463. The zero-order valence-corrected chi connectivity index (χ0v) is 34.2. The van der Waals surface area contributed by atoms with Crippen molar-refractivity contribution < 1.29 is 0 Å². The van der Waals surface area contributed by atoms with Crippen LogP contribution in [0.25, 0.3) is 5.13 Å². The van der Waals surface area contributed by atoms with Crippen LogP contribution in [0.3, 0.4) is 0 Å². The van der Waals surface area contributed by atoms with Crippen molar-refractivity contribution in [2.75, 3.05) is 0 Å². The van der Waals surface area contributed by atoms with Crippen LogP contribution in [0.15, 0.2) is 96.2 Å². The summed E-state index contributed by atoms with van der Waals surface area (Å²) in [6.07, 6.45) is 17.3. The Morgan fingerprint density at radius 3 is 1.49 bits per heavy atom. The molecule has 8 heteroatoms. The summed E-state index contributed by atoms with van der Waals surface area (Å²) in [5, 5.41) is 19.5. The topological polar surface area (TPSA) is 56.5 Å². The Morgan fingerprint density at radius 2 is 0.980 bits per heavy atom. The van der Waals surface area contributed by atoms with Gasteiger partial charge >= 0.3 is 141 Å². The van der Waals surface area contributed by atoms with Crippen molar-refractivity contribution in [3.05, 3.63) is 119 Å². The molecule has 0 fully saturated rings. The van der Waals surface area contributed by atoms with Crippen LogP contribution in [-0.4, -0.2) is 44.7 Å². The molecule has 0 saturated carbocycles. The van der Waals surface area contributed by atoms with Crippen LogP contribution in [0.4, 0.5) is 0 Å². The second-order valence-corrected chi connectivity index (χ2v) is 21.7. The third-order valence-corrected chi connectivity index (χ3v) is 17.7. The maximum atomic E-state index is 5.38. The number of nitrogens with zero attached hydrogens (tertiary/aromatic N) is 5. The van der Waals surface area contributed by atoms with Crippen molar-refractivity contribution in [3.8, 4) is 5.13 Å². The Balaban J connectivity index is 0.000000225. The Bertz CT molecular complexity index is 1440. The number of aryl methyl sites for hydroxylation is 2. The van der Waals surface area contributed by atoms with Gasteiger partial charge in [-0.05, 0) is 12.8 Å². The Hall–Kier alpha value is -2.62. The molecular formula is C41H55N5S2Sn. The Kier molecular flexibility index (Phi) is 19.0. The van der Waals surface area contributed by atoms with Gasteiger partial charge in [0.15, 0.2) is 0 Å².